The molecule has 0 radical (unpaired) electrons. The third-order valence-corrected chi connectivity index (χ3v) is 3.07. The van der Waals surface area contributed by atoms with Gasteiger partial charge in [0.25, 0.3) is 11.6 Å². The van der Waals surface area contributed by atoms with Crippen LogP contribution < -0.4 is 4.74 Å². The second-order valence-electron chi connectivity index (χ2n) is 4.63. The van der Waals surface area contributed by atoms with E-state index in [0.717, 1.165) is 0 Å². The number of ether oxygens (including phenoxy) is 1. The first-order chi connectivity index (χ1) is 11.5. The lowest BCUT2D eigenvalue weighted by Gasteiger charge is -2.04. The van der Waals surface area contributed by atoms with Gasteiger partial charge in [-0.2, -0.15) is 13.8 Å². The molecule has 0 unspecified atom stereocenters. The molecule has 0 spiro atoms. The Kier molecular flexibility index (Phi) is 4.15. The maximum atomic E-state index is 12.2. The zero-order valence-corrected chi connectivity index (χ0v) is 11.9. The van der Waals surface area contributed by atoms with Gasteiger partial charge in [0.1, 0.15) is 5.75 Å². The van der Waals surface area contributed by atoms with E-state index in [9.17, 15) is 18.9 Å². The number of rotatable bonds is 5. The molecule has 0 aliphatic heterocycles. The summed E-state index contributed by atoms with van der Waals surface area (Å²) in [7, 11) is 0. The lowest BCUT2D eigenvalue weighted by molar-refractivity contribution is -0.384. The highest BCUT2D eigenvalue weighted by Crippen LogP contribution is 2.26. The second-order valence-corrected chi connectivity index (χ2v) is 4.63. The molecule has 1 heterocycles. The van der Waals surface area contributed by atoms with Crippen LogP contribution in [0, 0.1) is 10.1 Å². The Labute approximate surface area is 133 Å². The summed E-state index contributed by atoms with van der Waals surface area (Å²) in [6.07, 6.45) is 0. The van der Waals surface area contributed by atoms with Crippen molar-refractivity contribution in [2.75, 3.05) is 0 Å². The highest BCUT2D eigenvalue weighted by Gasteiger charge is 2.13. The first-order valence-electron chi connectivity index (χ1n) is 6.67. The van der Waals surface area contributed by atoms with Crippen LogP contribution in [0.4, 0.5) is 14.5 Å². The largest absolute Gasteiger partial charge is 0.435 e. The fraction of sp³-hybridized carbons (Fsp3) is 0.0667. The SMILES string of the molecule is O=[N+]([O-])c1ccc(-c2noc(-c3cccc(OC(F)F)c3)n2)cc1. The minimum absolute atomic E-state index is 0.0300. The first kappa shape index (κ1) is 15.5. The van der Waals surface area contributed by atoms with Crippen LogP contribution in [-0.2, 0) is 0 Å². The summed E-state index contributed by atoms with van der Waals surface area (Å²) in [5.74, 6) is 0.306. The molecule has 0 saturated heterocycles. The molecule has 0 fully saturated rings. The van der Waals surface area contributed by atoms with Crippen molar-refractivity contribution in [1.82, 2.24) is 10.1 Å². The van der Waals surface area contributed by atoms with Gasteiger partial charge in [-0.05, 0) is 30.3 Å². The summed E-state index contributed by atoms with van der Waals surface area (Å²) in [6, 6.07) is 11.5. The molecule has 9 heteroatoms. The molecule has 0 aliphatic carbocycles. The van der Waals surface area contributed by atoms with E-state index in [1.54, 1.807) is 6.07 Å². The van der Waals surface area contributed by atoms with Crippen LogP contribution in [-0.4, -0.2) is 21.7 Å². The van der Waals surface area contributed by atoms with E-state index in [0.29, 0.717) is 11.1 Å². The first-order valence-corrected chi connectivity index (χ1v) is 6.67. The summed E-state index contributed by atoms with van der Waals surface area (Å²) >= 11 is 0. The van der Waals surface area contributed by atoms with E-state index < -0.39 is 11.5 Å². The predicted molar refractivity (Wildman–Crippen MR) is 78.5 cm³/mol. The monoisotopic (exact) mass is 333 g/mol. The summed E-state index contributed by atoms with van der Waals surface area (Å²) in [5, 5.41) is 14.4. The molecule has 3 aromatic rings. The quantitative estimate of drug-likeness (QED) is 0.519. The normalized spacial score (nSPS) is 10.8. The topological polar surface area (TPSA) is 91.3 Å². The molecule has 0 saturated carbocycles. The molecule has 7 nitrogen and oxygen atoms in total. The van der Waals surface area contributed by atoms with Crippen LogP contribution in [0.15, 0.2) is 53.1 Å². The Morgan fingerprint density at radius 3 is 2.54 bits per heavy atom. The van der Waals surface area contributed by atoms with Crippen LogP contribution in [0.2, 0.25) is 0 Å². The van der Waals surface area contributed by atoms with E-state index in [-0.39, 0.29) is 23.2 Å². The minimum atomic E-state index is -2.93. The van der Waals surface area contributed by atoms with Crippen LogP contribution >= 0.6 is 0 Å². The van der Waals surface area contributed by atoms with Gasteiger partial charge < -0.3 is 9.26 Å². The van der Waals surface area contributed by atoms with Crippen LogP contribution in [0.25, 0.3) is 22.8 Å². The standard InChI is InChI=1S/C15H9F2N3O4/c16-15(17)23-12-3-1-2-10(8-12)14-18-13(19-24-14)9-4-6-11(7-5-9)20(21)22/h1-8,15H. The van der Waals surface area contributed by atoms with Crippen molar-refractivity contribution in [2.45, 2.75) is 6.61 Å². The van der Waals surface area contributed by atoms with Crippen molar-refractivity contribution in [3.8, 4) is 28.6 Å². The summed E-state index contributed by atoms with van der Waals surface area (Å²) < 4.78 is 33.9. The number of nitro groups is 1. The Balaban J connectivity index is 1.86. The molecule has 1 aromatic heterocycles. The van der Waals surface area contributed by atoms with Crippen LogP contribution in [0.5, 0.6) is 5.75 Å². The number of nitrogens with zero attached hydrogens (tertiary/aromatic N) is 3. The molecule has 24 heavy (non-hydrogen) atoms. The molecule has 3 rings (SSSR count). The Morgan fingerprint density at radius 2 is 1.88 bits per heavy atom. The van der Waals surface area contributed by atoms with E-state index in [4.69, 9.17) is 4.52 Å². The van der Waals surface area contributed by atoms with Crippen molar-refractivity contribution < 1.29 is 23.0 Å². The number of hydrogen-bond donors (Lipinski definition) is 0. The lowest BCUT2D eigenvalue weighted by Crippen LogP contribution is -2.01. The van der Waals surface area contributed by atoms with E-state index in [1.807, 2.05) is 0 Å². The second kappa shape index (κ2) is 6.41. The fourth-order valence-corrected chi connectivity index (χ4v) is 2.00. The number of non-ortho nitro benzene ring substituents is 1. The van der Waals surface area contributed by atoms with Gasteiger partial charge in [0.15, 0.2) is 0 Å². The van der Waals surface area contributed by atoms with Crippen molar-refractivity contribution in [1.29, 1.82) is 0 Å². The summed E-state index contributed by atoms with van der Waals surface area (Å²) in [5.41, 5.74) is 0.878. The third kappa shape index (κ3) is 3.35. The molecule has 0 atom stereocenters. The average molecular weight is 333 g/mol. The lowest BCUT2D eigenvalue weighted by atomic mass is 10.2. The molecule has 0 aliphatic rings. The Bertz CT molecular complexity index is 865. The van der Waals surface area contributed by atoms with Gasteiger partial charge in [-0.1, -0.05) is 11.2 Å². The third-order valence-electron chi connectivity index (χ3n) is 3.07. The zero-order valence-electron chi connectivity index (χ0n) is 11.9. The molecular weight excluding hydrogens is 324 g/mol. The smallest absolute Gasteiger partial charge is 0.387 e. The predicted octanol–water partition coefficient (Wildman–Crippen LogP) is 3.91. The van der Waals surface area contributed by atoms with Crippen LogP contribution in [0.1, 0.15) is 0 Å². The Morgan fingerprint density at radius 1 is 1.12 bits per heavy atom. The van der Waals surface area contributed by atoms with Gasteiger partial charge in [-0.25, -0.2) is 0 Å². The zero-order chi connectivity index (χ0) is 17.1. The maximum Gasteiger partial charge on any atom is 0.387 e. The van der Waals surface area contributed by atoms with E-state index in [2.05, 4.69) is 14.9 Å². The number of hydrogen-bond acceptors (Lipinski definition) is 6. The fourth-order valence-electron chi connectivity index (χ4n) is 2.00. The Hall–Kier alpha value is -3.36. The summed E-state index contributed by atoms with van der Waals surface area (Å²) in [4.78, 5) is 14.3. The van der Waals surface area contributed by atoms with Gasteiger partial charge in [-0.3, -0.25) is 10.1 Å². The van der Waals surface area contributed by atoms with Gasteiger partial charge in [0.2, 0.25) is 5.82 Å². The molecule has 0 N–H and O–H groups in total. The molecule has 0 bridgehead atoms. The van der Waals surface area contributed by atoms with Gasteiger partial charge in [-0.15, -0.1) is 0 Å². The molecule has 122 valence electrons. The molecule has 0 amide bonds. The van der Waals surface area contributed by atoms with E-state index >= 15 is 0 Å². The van der Waals surface area contributed by atoms with Crippen molar-refractivity contribution in [3.05, 3.63) is 58.6 Å². The number of alkyl halides is 2. The van der Waals surface area contributed by atoms with E-state index in [1.165, 1.54) is 42.5 Å². The van der Waals surface area contributed by atoms with Crippen molar-refractivity contribution in [3.63, 3.8) is 0 Å². The van der Waals surface area contributed by atoms with Gasteiger partial charge in [0, 0.05) is 23.3 Å². The summed E-state index contributed by atoms with van der Waals surface area (Å²) in [6.45, 7) is -2.93. The number of aromatic nitrogens is 2. The minimum Gasteiger partial charge on any atom is -0.435 e. The molecule has 2 aromatic carbocycles. The number of halogens is 2. The van der Waals surface area contributed by atoms with Crippen LogP contribution in [0.3, 0.4) is 0 Å². The number of benzene rings is 2. The average Bonchev–Trinajstić information content (AvgIpc) is 3.04. The van der Waals surface area contributed by atoms with Crippen molar-refractivity contribution >= 4 is 5.69 Å². The van der Waals surface area contributed by atoms with Gasteiger partial charge in [0.05, 0.1) is 4.92 Å². The molecular formula is C15H9F2N3O4. The van der Waals surface area contributed by atoms with Crippen molar-refractivity contribution in [2.24, 2.45) is 0 Å². The highest BCUT2D eigenvalue weighted by molar-refractivity contribution is 5.61. The highest BCUT2D eigenvalue weighted by atomic mass is 19.3. The van der Waals surface area contributed by atoms with Gasteiger partial charge >= 0.3 is 6.61 Å². The number of nitro benzene ring substituents is 1. The maximum absolute atomic E-state index is 12.2.